The van der Waals surface area contributed by atoms with Crippen LogP contribution in [0.4, 0.5) is 0 Å². The lowest BCUT2D eigenvalue weighted by atomic mass is 10.2. The molecule has 0 radical (unpaired) electrons. The molecule has 0 spiro atoms. The number of fused-ring (bicyclic) bond motifs is 1. The topological polar surface area (TPSA) is 39.7 Å². The van der Waals surface area contributed by atoms with Gasteiger partial charge in [-0.25, -0.2) is 0 Å². The summed E-state index contributed by atoms with van der Waals surface area (Å²) in [4.78, 5) is 0. The van der Waals surface area contributed by atoms with Crippen LogP contribution in [0.3, 0.4) is 0 Å². The van der Waals surface area contributed by atoms with Crippen LogP contribution in [0.5, 0.6) is 17.2 Å². The molecule has 1 heterocycles. The van der Waals surface area contributed by atoms with E-state index in [2.05, 4.69) is 17.5 Å². The quantitative estimate of drug-likeness (QED) is 0.621. The predicted molar refractivity (Wildman–Crippen MR) is 70.3 cm³/mol. The molecule has 0 saturated carbocycles. The van der Waals surface area contributed by atoms with Gasteiger partial charge in [0.25, 0.3) is 0 Å². The minimum atomic E-state index is 0.268. The summed E-state index contributed by atoms with van der Waals surface area (Å²) in [5, 5.41) is 3.38. The number of methoxy groups -OCH3 is 1. The Balaban J connectivity index is 1.97. The number of nitrogens with one attached hydrogen (secondary N) is 1. The second kappa shape index (κ2) is 6.31. The van der Waals surface area contributed by atoms with Crippen LogP contribution in [0.1, 0.15) is 18.9 Å². The summed E-state index contributed by atoms with van der Waals surface area (Å²) < 4.78 is 16.0. The van der Waals surface area contributed by atoms with E-state index in [1.807, 2.05) is 19.1 Å². The van der Waals surface area contributed by atoms with E-state index in [1.165, 1.54) is 0 Å². The fourth-order valence-corrected chi connectivity index (χ4v) is 1.87. The number of hydrogen-bond donors (Lipinski definition) is 1. The van der Waals surface area contributed by atoms with Gasteiger partial charge in [0.15, 0.2) is 11.5 Å². The zero-order valence-corrected chi connectivity index (χ0v) is 10.9. The van der Waals surface area contributed by atoms with Gasteiger partial charge >= 0.3 is 0 Å². The maximum Gasteiger partial charge on any atom is 0.231 e. The van der Waals surface area contributed by atoms with Crippen molar-refractivity contribution in [2.45, 2.75) is 19.9 Å². The zero-order valence-electron chi connectivity index (χ0n) is 10.9. The first-order valence-corrected chi connectivity index (χ1v) is 6.13. The van der Waals surface area contributed by atoms with Crippen LogP contribution in [0.15, 0.2) is 24.3 Å². The molecule has 0 amide bonds. The second-order valence-corrected chi connectivity index (χ2v) is 4.07. The first-order valence-electron chi connectivity index (χ1n) is 6.13. The molecule has 0 bridgehead atoms. The zero-order chi connectivity index (χ0) is 12.8. The molecular weight excluding hydrogens is 230 g/mol. The van der Waals surface area contributed by atoms with Crippen molar-refractivity contribution < 1.29 is 14.2 Å². The summed E-state index contributed by atoms with van der Waals surface area (Å²) in [6, 6.07) is 3.98. The van der Waals surface area contributed by atoms with E-state index in [0.717, 1.165) is 36.6 Å². The molecule has 0 fully saturated rings. The van der Waals surface area contributed by atoms with Crippen molar-refractivity contribution >= 4 is 0 Å². The molecule has 1 aliphatic heterocycles. The Morgan fingerprint density at radius 1 is 1.39 bits per heavy atom. The van der Waals surface area contributed by atoms with Gasteiger partial charge in [-0.2, -0.15) is 0 Å². The van der Waals surface area contributed by atoms with Crippen LogP contribution >= 0.6 is 0 Å². The van der Waals surface area contributed by atoms with Gasteiger partial charge in [-0.3, -0.25) is 0 Å². The number of rotatable bonds is 6. The Hall–Kier alpha value is -1.68. The average molecular weight is 249 g/mol. The maximum atomic E-state index is 5.39. The van der Waals surface area contributed by atoms with Crippen molar-refractivity contribution in [3.05, 3.63) is 29.8 Å². The lowest BCUT2D eigenvalue weighted by Gasteiger charge is -2.08. The van der Waals surface area contributed by atoms with Crippen molar-refractivity contribution in [3.8, 4) is 17.2 Å². The SMILES string of the molecule is C/C=C/CCNCc1cc(OC)c2c(c1)OCO2. The van der Waals surface area contributed by atoms with Crippen molar-refractivity contribution in [1.29, 1.82) is 0 Å². The van der Waals surface area contributed by atoms with Crippen LogP contribution in [0.2, 0.25) is 0 Å². The second-order valence-electron chi connectivity index (χ2n) is 4.07. The molecule has 0 aliphatic carbocycles. The standard InChI is InChI=1S/C14H19NO3/c1-3-4-5-6-15-9-11-7-12(16-2)14-13(8-11)17-10-18-14/h3-4,7-8,15H,5-6,9-10H2,1-2H3/b4-3+. The van der Waals surface area contributed by atoms with E-state index in [-0.39, 0.29) is 6.79 Å². The molecule has 0 unspecified atom stereocenters. The van der Waals surface area contributed by atoms with Gasteiger partial charge in [0.05, 0.1) is 7.11 Å². The number of hydrogen-bond acceptors (Lipinski definition) is 4. The summed E-state index contributed by atoms with van der Waals surface area (Å²) in [5.74, 6) is 2.20. The lowest BCUT2D eigenvalue weighted by molar-refractivity contribution is 0.171. The van der Waals surface area contributed by atoms with Gasteiger partial charge in [0.1, 0.15) is 0 Å². The molecule has 98 valence electrons. The van der Waals surface area contributed by atoms with E-state index < -0.39 is 0 Å². The van der Waals surface area contributed by atoms with Crippen molar-refractivity contribution in [3.63, 3.8) is 0 Å². The van der Waals surface area contributed by atoms with E-state index in [0.29, 0.717) is 5.75 Å². The third-order valence-electron chi connectivity index (χ3n) is 2.77. The molecular formula is C14H19NO3. The summed E-state index contributed by atoms with van der Waals surface area (Å²) in [7, 11) is 1.64. The first kappa shape index (κ1) is 12.8. The number of benzene rings is 1. The van der Waals surface area contributed by atoms with Gasteiger partial charge < -0.3 is 19.5 Å². The van der Waals surface area contributed by atoms with Gasteiger partial charge in [-0.05, 0) is 37.6 Å². The smallest absolute Gasteiger partial charge is 0.231 e. The Morgan fingerprint density at radius 2 is 2.28 bits per heavy atom. The molecule has 1 aromatic rings. The van der Waals surface area contributed by atoms with E-state index in [1.54, 1.807) is 7.11 Å². The summed E-state index contributed by atoms with van der Waals surface area (Å²) in [6.07, 6.45) is 5.25. The highest BCUT2D eigenvalue weighted by Gasteiger charge is 2.19. The largest absolute Gasteiger partial charge is 0.493 e. The van der Waals surface area contributed by atoms with E-state index in [9.17, 15) is 0 Å². The molecule has 0 aromatic heterocycles. The molecule has 1 aromatic carbocycles. The van der Waals surface area contributed by atoms with Gasteiger partial charge in [-0.15, -0.1) is 0 Å². The lowest BCUT2D eigenvalue weighted by Crippen LogP contribution is -2.14. The number of ether oxygens (including phenoxy) is 3. The predicted octanol–water partition coefficient (Wildman–Crippen LogP) is 2.48. The maximum absolute atomic E-state index is 5.39. The Labute approximate surface area is 108 Å². The van der Waals surface area contributed by atoms with Gasteiger partial charge in [0.2, 0.25) is 12.5 Å². The third-order valence-corrected chi connectivity index (χ3v) is 2.77. The molecule has 0 atom stereocenters. The summed E-state index contributed by atoms with van der Waals surface area (Å²) in [6.45, 7) is 4.05. The molecule has 0 saturated heterocycles. The van der Waals surface area contributed by atoms with E-state index in [4.69, 9.17) is 14.2 Å². The van der Waals surface area contributed by atoms with Crippen LogP contribution < -0.4 is 19.5 Å². The highest BCUT2D eigenvalue weighted by Crippen LogP contribution is 2.41. The highest BCUT2D eigenvalue weighted by atomic mass is 16.7. The fraction of sp³-hybridized carbons (Fsp3) is 0.429. The van der Waals surface area contributed by atoms with Crippen molar-refractivity contribution in [2.24, 2.45) is 0 Å². The molecule has 1 N–H and O–H groups in total. The van der Waals surface area contributed by atoms with Crippen LogP contribution in [0, 0.1) is 0 Å². The summed E-state index contributed by atoms with van der Waals surface area (Å²) in [5.41, 5.74) is 1.14. The van der Waals surface area contributed by atoms with Crippen LogP contribution in [-0.2, 0) is 6.54 Å². The third kappa shape index (κ3) is 2.96. The van der Waals surface area contributed by atoms with Crippen molar-refractivity contribution in [2.75, 3.05) is 20.4 Å². The van der Waals surface area contributed by atoms with Crippen LogP contribution in [0.25, 0.3) is 0 Å². The molecule has 18 heavy (non-hydrogen) atoms. The molecule has 2 rings (SSSR count). The number of allylic oxidation sites excluding steroid dienone is 1. The van der Waals surface area contributed by atoms with Crippen LogP contribution in [-0.4, -0.2) is 20.4 Å². The molecule has 1 aliphatic rings. The normalized spacial score (nSPS) is 13.2. The minimum Gasteiger partial charge on any atom is -0.493 e. The first-order chi connectivity index (χ1) is 8.85. The highest BCUT2D eigenvalue weighted by molar-refractivity contribution is 5.55. The average Bonchev–Trinajstić information content (AvgIpc) is 2.85. The van der Waals surface area contributed by atoms with Gasteiger partial charge in [0, 0.05) is 6.54 Å². The van der Waals surface area contributed by atoms with Gasteiger partial charge in [-0.1, -0.05) is 12.2 Å². The Kier molecular flexibility index (Phi) is 4.47. The fourth-order valence-electron chi connectivity index (χ4n) is 1.87. The van der Waals surface area contributed by atoms with E-state index >= 15 is 0 Å². The Morgan fingerprint density at radius 3 is 3.06 bits per heavy atom. The monoisotopic (exact) mass is 249 g/mol. The summed E-state index contributed by atoms with van der Waals surface area (Å²) >= 11 is 0. The Bertz CT molecular complexity index is 429. The molecule has 4 heteroatoms. The molecule has 4 nitrogen and oxygen atoms in total. The van der Waals surface area contributed by atoms with Crippen molar-refractivity contribution in [1.82, 2.24) is 5.32 Å². The minimum absolute atomic E-state index is 0.268.